The summed E-state index contributed by atoms with van der Waals surface area (Å²) in [6, 6.07) is -0.668. The smallest absolute Gasteiger partial charge is 0.408 e. The van der Waals surface area contributed by atoms with Crippen LogP contribution in [0.5, 0.6) is 0 Å². The lowest BCUT2D eigenvalue weighted by molar-refractivity contribution is -0.133. The Labute approximate surface area is 119 Å². The monoisotopic (exact) mass is 288 g/mol. The molecule has 6 heteroatoms. The molecular weight excluding hydrogens is 263 g/mol. The molecule has 2 atom stereocenters. The van der Waals surface area contributed by atoms with Gasteiger partial charge in [0.1, 0.15) is 17.3 Å². The normalized spacial score (nSPS) is 24.4. The molecule has 0 saturated carbocycles. The quantitative estimate of drug-likeness (QED) is 0.866. The van der Waals surface area contributed by atoms with Crippen LogP contribution in [0, 0.1) is 0 Å². The Hall–Kier alpha value is -1.33. The van der Waals surface area contributed by atoms with Crippen LogP contribution in [0.25, 0.3) is 0 Å². The zero-order valence-electron chi connectivity index (χ0n) is 13.0. The molecule has 5 nitrogen and oxygen atoms in total. The van der Waals surface area contributed by atoms with E-state index in [9.17, 15) is 14.0 Å². The van der Waals surface area contributed by atoms with Gasteiger partial charge in [0.25, 0.3) is 0 Å². The van der Waals surface area contributed by atoms with Gasteiger partial charge in [-0.1, -0.05) is 6.92 Å². The number of amides is 2. The van der Waals surface area contributed by atoms with Crippen molar-refractivity contribution in [2.75, 3.05) is 13.1 Å². The van der Waals surface area contributed by atoms with Crippen LogP contribution in [0.4, 0.5) is 9.18 Å². The van der Waals surface area contributed by atoms with Gasteiger partial charge in [0.05, 0.1) is 6.54 Å². The summed E-state index contributed by atoms with van der Waals surface area (Å²) in [6.45, 7) is 9.02. The number of hydrogen-bond donors (Lipinski definition) is 1. The van der Waals surface area contributed by atoms with Crippen LogP contribution in [0.3, 0.4) is 0 Å². The van der Waals surface area contributed by atoms with E-state index in [1.807, 2.05) is 0 Å². The minimum Gasteiger partial charge on any atom is -0.444 e. The maximum Gasteiger partial charge on any atom is 0.408 e. The second kappa shape index (κ2) is 5.97. The second-order valence-electron chi connectivity index (χ2n) is 6.53. The van der Waals surface area contributed by atoms with Crippen LogP contribution < -0.4 is 5.32 Å². The lowest BCUT2D eigenvalue weighted by Gasteiger charge is -2.26. The first-order chi connectivity index (χ1) is 9.04. The van der Waals surface area contributed by atoms with E-state index in [1.54, 1.807) is 27.7 Å². The summed E-state index contributed by atoms with van der Waals surface area (Å²) in [5, 5.41) is 2.55. The van der Waals surface area contributed by atoms with Crippen molar-refractivity contribution in [1.82, 2.24) is 10.2 Å². The highest BCUT2D eigenvalue weighted by atomic mass is 19.1. The fraction of sp³-hybridized carbons (Fsp3) is 0.857. The first-order valence-corrected chi connectivity index (χ1v) is 7.01. The minimum atomic E-state index is -1.33. The zero-order valence-corrected chi connectivity index (χ0v) is 13.0. The van der Waals surface area contributed by atoms with Gasteiger partial charge in [-0.3, -0.25) is 4.79 Å². The predicted octanol–water partition coefficient (Wildman–Crippen LogP) is 2.25. The van der Waals surface area contributed by atoms with Gasteiger partial charge in [-0.2, -0.15) is 0 Å². The number of halogens is 1. The molecule has 1 rings (SSSR count). The van der Waals surface area contributed by atoms with Crippen LogP contribution >= 0.6 is 0 Å². The van der Waals surface area contributed by atoms with E-state index in [0.717, 1.165) is 0 Å². The zero-order chi connectivity index (χ0) is 15.6. The molecule has 0 aliphatic carbocycles. The third kappa shape index (κ3) is 4.98. The van der Waals surface area contributed by atoms with Crippen LogP contribution in [-0.2, 0) is 9.53 Å². The molecule has 20 heavy (non-hydrogen) atoms. The van der Waals surface area contributed by atoms with Gasteiger partial charge in [0.2, 0.25) is 5.91 Å². The first-order valence-electron chi connectivity index (χ1n) is 7.01. The van der Waals surface area contributed by atoms with Crippen molar-refractivity contribution >= 4 is 12.0 Å². The summed E-state index contributed by atoms with van der Waals surface area (Å²) in [4.78, 5) is 25.4. The summed E-state index contributed by atoms with van der Waals surface area (Å²) < 4.78 is 18.9. The lowest BCUT2D eigenvalue weighted by atomic mass is 10.1. The largest absolute Gasteiger partial charge is 0.444 e. The molecule has 1 heterocycles. The number of nitrogens with one attached hydrogen (secondary N) is 1. The van der Waals surface area contributed by atoms with Gasteiger partial charge >= 0.3 is 6.09 Å². The Morgan fingerprint density at radius 2 is 2.05 bits per heavy atom. The van der Waals surface area contributed by atoms with E-state index in [-0.39, 0.29) is 12.5 Å². The molecule has 0 bridgehead atoms. The average molecular weight is 288 g/mol. The van der Waals surface area contributed by atoms with Crippen molar-refractivity contribution in [3.8, 4) is 0 Å². The fourth-order valence-corrected chi connectivity index (χ4v) is 2.12. The maximum absolute atomic E-state index is 13.8. The Bertz CT molecular complexity index is 377. The number of alkyl halides is 1. The summed E-state index contributed by atoms with van der Waals surface area (Å²) in [5.41, 5.74) is -1.95. The third-order valence-electron chi connectivity index (χ3n) is 3.13. The maximum atomic E-state index is 13.8. The lowest BCUT2D eigenvalue weighted by Crippen LogP contribution is -2.49. The fourth-order valence-electron chi connectivity index (χ4n) is 2.12. The summed E-state index contributed by atoms with van der Waals surface area (Å²) in [5.74, 6) is -0.250. The molecule has 116 valence electrons. The van der Waals surface area contributed by atoms with E-state index in [4.69, 9.17) is 4.74 Å². The van der Waals surface area contributed by atoms with Gasteiger partial charge in [-0.15, -0.1) is 0 Å². The van der Waals surface area contributed by atoms with Crippen molar-refractivity contribution < 1.29 is 18.7 Å². The Balaban J connectivity index is 2.58. The van der Waals surface area contributed by atoms with Gasteiger partial charge < -0.3 is 15.0 Å². The number of ether oxygens (including phenoxy) is 1. The molecule has 0 aromatic heterocycles. The van der Waals surface area contributed by atoms with E-state index in [1.165, 1.54) is 11.8 Å². The molecular formula is C14H25FN2O3. The molecule has 1 aliphatic heterocycles. The summed E-state index contributed by atoms with van der Waals surface area (Å²) in [6.07, 6.45) is 0.152. The van der Waals surface area contributed by atoms with Crippen LogP contribution in [0.1, 0.15) is 47.5 Å². The van der Waals surface area contributed by atoms with Crippen molar-refractivity contribution in [1.29, 1.82) is 0 Å². The number of alkyl carbamates (subject to hydrolysis) is 1. The van der Waals surface area contributed by atoms with E-state index < -0.39 is 23.4 Å². The van der Waals surface area contributed by atoms with Crippen LogP contribution in [0.2, 0.25) is 0 Å². The number of rotatable bonds is 3. The van der Waals surface area contributed by atoms with Gasteiger partial charge in [-0.05, 0) is 34.1 Å². The number of hydrogen-bond acceptors (Lipinski definition) is 3. The molecule has 1 saturated heterocycles. The molecule has 0 aromatic rings. The van der Waals surface area contributed by atoms with Crippen molar-refractivity contribution in [2.45, 2.75) is 64.8 Å². The van der Waals surface area contributed by atoms with Crippen molar-refractivity contribution in [3.05, 3.63) is 0 Å². The highest BCUT2D eigenvalue weighted by Crippen LogP contribution is 2.25. The molecule has 0 spiro atoms. The Morgan fingerprint density at radius 1 is 1.45 bits per heavy atom. The van der Waals surface area contributed by atoms with Gasteiger partial charge in [-0.25, -0.2) is 9.18 Å². The van der Waals surface area contributed by atoms with Crippen LogP contribution in [0.15, 0.2) is 0 Å². The molecule has 0 aromatic carbocycles. The van der Waals surface area contributed by atoms with E-state index in [0.29, 0.717) is 19.4 Å². The Morgan fingerprint density at radius 3 is 2.45 bits per heavy atom. The highest BCUT2D eigenvalue weighted by molar-refractivity contribution is 5.86. The Kier molecular flexibility index (Phi) is 5.00. The molecule has 1 fully saturated rings. The van der Waals surface area contributed by atoms with E-state index >= 15 is 0 Å². The predicted molar refractivity (Wildman–Crippen MR) is 74.2 cm³/mol. The topological polar surface area (TPSA) is 58.6 Å². The molecule has 1 aliphatic rings. The number of carbonyl (C=O) groups is 2. The number of likely N-dealkylation sites (tertiary alicyclic amines) is 1. The first kappa shape index (κ1) is 16.7. The van der Waals surface area contributed by atoms with Crippen LogP contribution in [-0.4, -0.2) is 47.3 Å². The molecule has 0 unspecified atom stereocenters. The highest BCUT2D eigenvalue weighted by Gasteiger charge is 2.38. The summed E-state index contributed by atoms with van der Waals surface area (Å²) in [7, 11) is 0. The second-order valence-corrected chi connectivity index (χ2v) is 6.53. The third-order valence-corrected chi connectivity index (χ3v) is 3.13. The van der Waals surface area contributed by atoms with Gasteiger partial charge in [0.15, 0.2) is 0 Å². The molecule has 0 radical (unpaired) electrons. The molecule has 1 N–H and O–H groups in total. The van der Waals surface area contributed by atoms with Gasteiger partial charge in [0, 0.05) is 13.0 Å². The number of nitrogens with zero attached hydrogens (tertiary/aromatic N) is 1. The molecule has 2 amide bonds. The standard InChI is InChI=1S/C14H25FN2O3/c1-6-10(16-12(19)20-13(2,3)4)11(18)17-8-7-14(5,15)9-17/h10H,6-9H2,1-5H3,(H,16,19)/t10-,14+/m1/s1. The van der Waals surface area contributed by atoms with Crippen molar-refractivity contribution in [3.63, 3.8) is 0 Å². The summed E-state index contributed by atoms with van der Waals surface area (Å²) >= 11 is 0. The SMILES string of the molecule is CC[C@@H](NC(=O)OC(C)(C)C)C(=O)N1CC[C@](C)(F)C1. The average Bonchev–Trinajstić information content (AvgIpc) is 2.63. The van der Waals surface area contributed by atoms with E-state index in [2.05, 4.69) is 5.32 Å². The minimum absolute atomic E-state index is 0.0817. The van der Waals surface area contributed by atoms with Crippen molar-refractivity contribution in [2.24, 2.45) is 0 Å². The number of carbonyl (C=O) groups excluding carboxylic acids is 2.